The maximum absolute atomic E-state index is 5.59. The highest BCUT2D eigenvalue weighted by Crippen LogP contribution is 2.02. The number of aromatic nitrogens is 2. The van der Waals surface area contributed by atoms with Crippen LogP contribution in [0.1, 0.15) is 6.42 Å². The predicted molar refractivity (Wildman–Crippen MR) is 44.4 cm³/mol. The number of anilines is 1. The smallest absolute Gasteiger partial charge is 0.320 e. The van der Waals surface area contributed by atoms with E-state index in [0.29, 0.717) is 12.6 Å². The third kappa shape index (κ3) is 2.48. The number of rotatable bonds is 5. The van der Waals surface area contributed by atoms with Gasteiger partial charge in [-0.2, -0.15) is 4.98 Å². The summed E-state index contributed by atoms with van der Waals surface area (Å²) in [6.45, 7) is 1.62. The van der Waals surface area contributed by atoms with Gasteiger partial charge < -0.3 is 9.84 Å². The molecule has 6 nitrogen and oxygen atoms in total. The molecule has 0 amide bonds. The van der Waals surface area contributed by atoms with Gasteiger partial charge in [0.2, 0.25) is 0 Å². The van der Waals surface area contributed by atoms with Gasteiger partial charge in [-0.05, 0) is 20.0 Å². The van der Waals surface area contributed by atoms with Crippen LogP contribution in [0.15, 0.2) is 10.9 Å². The molecule has 0 aliphatic heterocycles. The molecule has 1 rings (SSSR count). The summed E-state index contributed by atoms with van der Waals surface area (Å²) in [6.07, 6.45) is 2.27. The maximum atomic E-state index is 5.59. The van der Waals surface area contributed by atoms with Gasteiger partial charge in [0.15, 0.2) is 6.33 Å². The molecule has 0 saturated heterocycles. The second kappa shape index (κ2) is 4.68. The zero-order chi connectivity index (χ0) is 8.81. The van der Waals surface area contributed by atoms with E-state index in [1.807, 2.05) is 7.05 Å². The Morgan fingerprint density at radius 3 is 3.17 bits per heavy atom. The van der Waals surface area contributed by atoms with E-state index >= 15 is 0 Å². The fraction of sp³-hybridized carbons (Fsp3) is 0.667. The number of nitrogens with zero attached hydrogens (tertiary/aromatic N) is 3. The van der Waals surface area contributed by atoms with Crippen molar-refractivity contribution in [2.24, 2.45) is 5.84 Å². The van der Waals surface area contributed by atoms with Crippen LogP contribution in [0.4, 0.5) is 6.01 Å². The molecule has 0 fully saturated rings. The summed E-state index contributed by atoms with van der Waals surface area (Å²) >= 11 is 0. The van der Waals surface area contributed by atoms with E-state index in [1.54, 1.807) is 0 Å². The van der Waals surface area contributed by atoms with E-state index in [9.17, 15) is 0 Å². The van der Waals surface area contributed by atoms with Crippen LogP contribution in [-0.2, 0) is 0 Å². The molecule has 0 aliphatic rings. The Bertz CT molecular complexity index is 200. The molecule has 0 bridgehead atoms. The average molecular weight is 171 g/mol. The van der Waals surface area contributed by atoms with E-state index in [1.165, 1.54) is 11.3 Å². The third-order valence-corrected chi connectivity index (χ3v) is 1.42. The molecule has 68 valence electrons. The van der Waals surface area contributed by atoms with E-state index < -0.39 is 0 Å². The van der Waals surface area contributed by atoms with E-state index in [0.717, 1.165) is 13.0 Å². The van der Waals surface area contributed by atoms with Crippen LogP contribution in [0.3, 0.4) is 0 Å². The minimum absolute atomic E-state index is 0.353. The summed E-state index contributed by atoms with van der Waals surface area (Å²) in [5.74, 6) is 5.59. The predicted octanol–water partition coefficient (Wildman–Crippen LogP) is -0.641. The lowest BCUT2D eigenvalue weighted by atomic mass is 10.4. The van der Waals surface area contributed by atoms with Crippen molar-refractivity contribution in [3.05, 3.63) is 6.33 Å². The quantitative estimate of drug-likeness (QED) is 0.348. The van der Waals surface area contributed by atoms with Crippen LogP contribution in [-0.4, -0.2) is 30.3 Å². The Hall–Kier alpha value is -1.14. The Kier molecular flexibility index (Phi) is 3.49. The Balaban J connectivity index is 2.25. The first-order valence-corrected chi connectivity index (χ1v) is 3.78. The summed E-state index contributed by atoms with van der Waals surface area (Å²) in [7, 11) is 1.90. The van der Waals surface area contributed by atoms with Crippen molar-refractivity contribution >= 4 is 6.01 Å². The van der Waals surface area contributed by atoms with Crippen LogP contribution >= 0.6 is 0 Å². The summed E-state index contributed by atoms with van der Waals surface area (Å²) in [6, 6.07) is 0.353. The fourth-order valence-electron chi connectivity index (χ4n) is 0.816. The van der Waals surface area contributed by atoms with Gasteiger partial charge in [0.05, 0.1) is 0 Å². The second-order valence-electron chi connectivity index (χ2n) is 2.37. The van der Waals surface area contributed by atoms with Crippen molar-refractivity contribution in [3.8, 4) is 0 Å². The lowest BCUT2D eigenvalue weighted by Crippen LogP contribution is -2.33. The summed E-state index contributed by atoms with van der Waals surface area (Å²) in [5, 5.41) is 7.90. The topological polar surface area (TPSA) is 80.2 Å². The van der Waals surface area contributed by atoms with Crippen molar-refractivity contribution in [1.29, 1.82) is 0 Å². The molecule has 12 heavy (non-hydrogen) atoms. The SMILES string of the molecule is CNCCCN(N)c1ncno1. The molecule has 3 N–H and O–H groups in total. The minimum atomic E-state index is 0.353. The molecule has 0 aliphatic carbocycles. The van der Waals surface area contributed by atoms with Gasteiger partial charge in [0.1, 0.15) is 0 Å². The number of nitrogens with one attached hydrogen (secondary N) is 1. The molecular weight excluding hydrogens is 158 g/mol. The van der Waals surface area contributed by atoms with Gasteiger partial charge in [-0.15, -0.1) is 0 Å². The van der Waals surface area contributed by atoms with Crippen molar-refractivity contribution in [1.82, 2.24) is 15.5 Å². The van der Waals surface area contributed by atoms with Gasteiger partial charge in [-0.25, -0.2) is 5.84 Å². The first-order chi connectivity index (χ1) is 5.84. The third-order valence-electron chi connectivity index (χ3n) is 1.42. The van der Waals surface area contributed by atoms with E-state index in [2.05, 4.69) is 15.5 Å². The van der Waals surface area contributed by atoms with Gasteiger partial charge in [0.25, 0.3) is 0 Å². The van der Waals surface area contributed by atoms with E-state index in [-0.39, 0.29) is 0 Å². The van der Waals surface area contributed by atoms with Crippen LogP contribution in [0.2, 0.25) is 0 Å². The first-order valence-electron chi connectivity index (χ1n) is 3.78. The molecule has 0 atom stereocenters. The molecule has 6 heteroatoms. The monoisotopic (exact) mass is 171 g/mol. The Labute approximate surface area is 70.7 Å². The van der Waals surface area contributed by atoms with Gasteiger partial charge in [-0.1, -0.05) is 5.16 Å². The zero-order valence-electron chi connectivity index (χ0n) is 7.03. The van der Waals surface area contributed by atoms with Crippen molar-refractivity contribution in [3.63, 3.8) is 0 Å². The molecule has 1 aromatic heterocycles. The summed E-state index contributed by atoms with van der Waals surface area (Å²) < 4.78 is 4.75. The molecule has 1 aromatic rings. The molecule has 0 aromatic carbocycles. The molecule has 0 spiro atoms. The maximum Gasteiger partial charge on any atom is 0.337 e. The molecular formula is C6H13N5O. The van der Waals surface area contributed by atoms with Crippen molar-refractivity contribution < 1.29 is 4.52 Å². The molecule has 0 radical (unpaired) electrons. The highest BCUT2D eigenvalue weighted by Gasteiger charge is 2.05. The lowest BCUT2D eigenvalue weighted by Gasteiger charge is -2.11. The Morgan fingerprint density at radius 2 is 2.58 bits per heavy atom. The van der Waals surface area contributed by atoms with Crippen molar-refractivity contribution in [2.75, 3.05) is 25.1 Å². The van der Waals surface area contributed by atoms with Gasteiger partial charge >= 0.3 is 6.01 Å². The summed E-state index contributed by atoms with van der Waals surface area (Å²) in [5.41, 5.74) is 0. The second-order valence-corrected chi connectivity index (χ2v) is 2.37. The fourth-order valence-corrected chi connectivity index (χ4v) is 0.816. The zero-order valence-corrected chi connectivity index (χ0v) is 7.03. The van der Waals surface area contributed by atoms with Crippen molar-refractivity contribution in [2.45, 2.75) is 6.42 Å². The number of nitrogens with two attached hydrogens (primary N) is 1. The van der Waals surface area contributed by atoms with Crippen LogP contribution in [0.25, 0.3) is 0 Å². The van der Waals surface area contributed by atoms with Gasteiger partial charge in [0, 0.05) is 6.54 Å². The highest BCUT2D eigenvalue weighted by atomic mass is 16.5. The number of hydrazine groups is 1. The molecule has 1 heterocycles. The molecule has 0 unspecified atom stereocenters. The van der Waals surface area contributed by atoms with Crippen LogP contribution in [0, 0.1) is 0 Å². The van der Waals surface area contributed by atoms with Crippen LogP contribution < -0.4 is 16.2 Å². The standard InChI is InChI=1S/C6H13N5O/c1-8-3-2-4-11(7)6-9-5-10-12-6/h5,8H,2-4,7H2,1H3. The van der Waals surface area contributed by atoms with E-state index in [4.69, 9.17) is 10.4 Å². The minimum Gasteiger partial charge on any atom is -0.320 e. The average Bonchev–Trinajstić information content (AvgIpc) is 2.56. The van der Waals surface area contributed by atoms with Crippen LogP contribution in [0.5, 0.6) is 0 Å². The largest absolute Gasteiger partial charge is 0.337 e. The number of hydrogen-bond donors (Lipinski definition) is 2. The normalized spacial score (nSPS) is 10.2. The Morgan fingerprint density at radius 1 is 1.75 bits per heavy atom. The highest BCUT2D eigenvalue weighted by molar-refractivity contribution is 5.18. The number of hydrogen-bond acceptors (Lipinski definition) is 6. The lowest BCUT2D eigenvalue weighted by molar-refractivity contribution is 0.412. The first kappa shape index (κ1) is 8.95. The van der Waals surface area contributed by atoms with Gasteiger partial charge in [-0.3, -0.25) is 5.01 Å². The molecule has 0 saturated carbocycles. The summed E-state index contributed by atoms with van der Waals surface area (Å²) in [4.78, 5) is 3.80.